The highest BCUT2D eigenvalue weighted by Gasteiger charge is 1.85. The van der Waals surface area contributed by atoms with E-state index in [4.69, 9.17) is 10.8 Å². The summed E-state index contributed by atoms with van der Waals surface area (Å²) in [6, 6.07) is 0. The summed E-state index contributed by atoms with van der Waals surface area (Å²) in [4.78, 5) is 3.66. The number of nitrogens with one attached hydrogen (secondary N) is 1. The van der Waals surface area contributed by atoms with Crippen molar-refractivity contribution >= 4 is 5.96 Å². The number of aliphatic hydroxyl groups is 1. The largest absolute Gasteiger partial charge is 0.396 e. The van der Waals surface area contributed by atoms with Crippen LogP contribution < -0.4 is 11.1 Å². The molecule has 0 aliphatic carbocycles. The van der Waals surface area contributed by atoms with Crippen molar-refractivity contribution < 1.29 is 5.11 Å². The van der Waals surface area contributed by atoms with Crippen molar-refractivity contribution in [3.63, 3.8) is 0 Å². The van der Waals surface area contributed by atoms with Gasteiger partial charge >= 0.3 is 0 Å². The van der Waals surface area contributed by atoms with Crippen LogP contribution in [0, 0.1) is 0 Å². The second-order valence-electron chi connectivity index (χ2n) is 1.61. The molecule has 0 spiro atoms. The Bertz CT molecular complexity index is 92.2. The first-order valence-corrected chi connectivity index (χ1v) is 2.88. The van der Waals surface area contributed by atoms with Gasteiger partial charge in [-0.15, -0.1) is 0 Å². The van der Waals surface area contributed by atoms with Crippen LogP contribution in [0.15, 0.2) is 4.99 Å². The first-order valence-electron chi connectivity index (χ1n) is 2.88. The van der Waals surface area contributed by atoms with E-state index in [9.17, 15) is 0 Å². The molecule has 0 unspecified atom stereocenters. The van der Waals surface area contributed by atoms with Gasteiger partial charge in [0.1, 0.15) is 0 Å². The summed E-state index contributed by atoms with van der Waals surface area (Å²) in [7, 11) is 1.61. The highest BCUT2D eigenvalue weighted by molar-refractivity contribution is 5.77. The fourth-order valence-electron chi connectivity index (χ4n) is 0.375. The molecule has 4 nitrogen and oxygen atoms in total. The van der Waals surface area contributed by atoms with Crippen LogP contribution in [-0.4, -0.2) is 31.3 Å². The lowest BCUT2D eigenvalue weighted by molar-refractivity contribution is 0.289. The second-order valence-corrected chi connectivity index (χ2v) is 1.61. The monoisotopic (exact) mass is 131 g/mol. The number of nitrogens with two attached hydrogens (primary N) is 1. The maximum atomic E-state index is 8.33. The van der Waals surface area contributed by atoms with Gasteiger partial charge in [-0.25, -0.2) is 0 Å². The number of nitrogens with zero attached hydrogens (tertiary/aromatic N) is 1. The zero-order valence-electron chi connectivity index (χ0n) is 5.59. The molecule has 0 aromatic heterocycles. The van der Waals surface area contributed by atoms with E-state index in [2.05, 4.69) is 10.3 Å². The van der Waals surface area contributed by atoms with Gasteiger partial charge in [0, 0.05) is 20.2 Å². The van der Waals surface area contributed by atoms with Gasteiger partial charge in [0.05, 0.1) is 0 Å². The lowest BCUT2D eigenvalue weighted by Crippen LogP contribution is -2.32. The van der Waals surface area contributed by atoms with E-state index >= 15 is 0 Å². The van der Waals surface area contributed by atoms with Crippen LogP contribution in [0.5, 0.6) is 0 Å². The number of aliphatic hydroxyl groups excluding tert-OH is 1. The zero-order chi connectivity index (χ0) is 7.11. The first kappa shape index (κ1) is 8.23. The fourth-order valence-corrected chi connectivity index (χ4v) is 0.375. The molecular formula is C5H13N3O. The van der Waals surface area contributed by atoms with E-state index < -0.39 is 0 Å². The molecule has 0 aromatic rings. The van der Waals surface area contributed by atoms with Crippen molar-refractivity contribution in [3.05, 3.63) is 0 Å². The normalized spacial score (nSPS) is 11.6. The molecule has 9 heavy (non-hydrogen) atoms. The van der Waals surface area contributed by atoms with E-state index in [1.165, 1.54) is 0 Å². The summed E-state index contributed by atoms with van der Waals surface area (Å²) in [6.07, 6.45) is 0.705. The van der Waals surface area contributed by atoms with Crippen LogP contribution in [0.4, 0.5) is 0 Å². The average molecular weight is 131 g/mol. The molecule has 0 bridgehead atoms. The molecule has 0 rings (SSSR count). The lowest BCUT2D eigenvalue weighted by Gasteiger charge is -2.00. The van der Waals surface area contributed by atoms with Crippen molar-refractivity contribution in [2.24, 2.45) is 10.7 Å². The molecule has 0 aromatic carbocycles. The molecule has 0 amide bonds. The SMILES string of the molecule is CN=C(N)NCCCO. The van der Waals surface area contributed by atoms with Gasteiger partial charge in [-0.2, -0.15) is 0 Å². The third kappa shape index (κ3) is 5.10. The van der Waals surface area contributed by atoms with E-state index in [-0.39, 0.29) is 6.61 Å². The standard InChI is InChI=1S/C5H13N3O/c1-7-5(6)8-3-2-4-9/h9H,2-4H2,1H3,(H3,6,7,8). The highest BCUT2D eigenvalue weighted by Crippen LogP contribution is 1.69. The van der Waals surface area contributed by atoms with Gasteiger partial charge < -0.3 is 16.2 Å². The number of hydrogen-bond donors (Lipinski definition) is 3. The Morgan fingerprint density at radius 1 is 1.78 bits per heavy atom. The zero-order valence-corrected chi connectivity index (χ0v) is 5.59. The summed E-state index contributed by atoms with van der Waals surface area (Å²) in [5, 5.41) is 11.1. The number of guanidine groups is 1. The molecule has 54 valence electrons. The van der Waals surface area contributed by atoms with E-state index in [0.29, 0.717) is 18.9 Å². The Morgan fingerprint density at radius 2 is 2.44 bits per heavy atom. The number of aliphatic imine (C=N–C) groups is 1. The minimum absolute atomic E-state index is 0.185. The molecule has 0 saturated heterocycles. The smallest absolute Gasteiger partial charge is 0.188 e. The van der Waals surface area contributed by atoms with Gasteiger partial charge in [0.15, 0.2) is 5.96 Å². The van der Waals surface area contributed by atoms with Crippen LogP contribution in [-0.2, 0) is 0 Å². The topological polar surface area (TPSA) is 70.6 Å². The third-order valence-electron chi connectivity index (χ3n) is 0.882. The summed E-state index contributed by atoms with van der Waals surface area (Å²) in [5.41, 5.74) is 5.27. The van der Waals surface area contributed by atoms with Gasteiger partial charge in [-0.05, 0) is 6.42 Å². The number of hydrogen-bond acceptors (Lipinski definition) is 2. The van der Waals surface area contributed by atoms with Crippen LogP contribution >= 0.6 is 0 Å². The quantitative estimate of drug-likeness (QED) is 0.259. The molecule has 0 fully saturated rings. The molecule has 0 radical (unpaired) electrons. The van der Waals surface area contributed by atoms with Crippen molar-refractivity contribution in [3.8, 4) is 0 Å². The lowest BCUT2D eigenvalue weighted by atomic mass is 10.4. The summed E-state index contributed by atoms with van der Waals surface area (Å²) < 4.78 is 0. The van der Waals surface area contributed by atoms with Crippen LogP contribution in [0.25, 0.3) is 0 Å². The molecule has 0 aliphatic heterocycles. The van der Waals surface area contributed by atoms with Crippen LogP contribution in [0.3, 0.4) is 0 Å². The minimum atomic E-state index is 0.185. The third-order valence-corrected chi connectivity index (χ3v) is 0.882. The second kappa shape index (κ2) is 5.37. The highest BCUT2D eigenvalue weighted by atomic mass is 16.3. The van der Waals surface area contributed by atoms with E-state index in [1.54, 1.807) is 7.05 Å². The Morgan fingerprint density at radius 3 is 2.89 bits per heavy atom. The summed E-state index contributed by atoms with van der Waals surface area (Å²) >= 11 is 0. The summed E-state index contributed by atoms with van der Waals surface area (Å²) in [5.74, 6) is 0.420. The van der Waals surface area contributed by atoms with E-state index in [1.807, 2.05) is 0 Å². The maximum absolute atomic E-state index is 8.33. The van der Waals surface area contributed by atoms with E-state index in [0.717, 1.165) is 0 Å². The molecule has 4 heteroatoms. The Balaban J connectivity index is 3.07. The van der Waals surface area contributed by atoms with Crippen molar-refractivity contribution in [2.45, 2.75) is 6.42 Å². The van der Waals surface area contributed by atoms with Gasteiger partial charge in [0.25, 0.3) is 0 Å². The number of rotatable bonds is 3. The fraction of sp³-hybridized carbons (Fsp3) is 0.800. The molecule has 0 aliphatic rings. The van der Waals surface area contributed by atoms with Gasteiger partial charge in [0.2, 0.25) is 0 Å². The van der Waals surface area contributed by atoms with Crippen LogP contribution in [0.2, 0.25) is 0 Å². The molecule has 0 atom stereocenters. The first-order chi connectivity index (χ1) is 4.31. The summed E-state index contributed by atoms with van der Waals surface area (Å²) in [6.45, 7) is 0.865. The predicted molar refractivity (Wildman–Crippen MR) is 37.3 cm³/mol. The van der Waals surface area contributed by atoms with Crippen molar-refractivity contribution in [1.29, 1.82) is 0 Å². The Hall–Kier alpha value is -0.770. The molecule has 0 heterocycles. The Kier molecular flexibility index (Phi) is 4.91. The van der Waals surface area contributed by atoms with Crippen molar-refractivity contribution in [1.82, 2.24) is 5.32 Å². The molecule has 0 saturated carbocycles. The van der Waals surface area contributed by atoms with Crippen LogP contribution in [0.1, 0.15) is 6.42 Å². The minimum Gasteiger partial charge on any atom is -0.396 e. The van der Waals surface area contributed by atoms with Gasteiger partial charge in [-0.1, -0.05) is 0 Å². The molecule has 4 N–H and O–H groups in total. The van der Waals surface area contributed by atoms with Crippen molar-refractivity contribution in [2.75, 3.05) is 20.2 Å². The average Bonchev–Trinajstić information content (AvgIpc) is 1.89. The van der Waals surface area contributed by atoms with Gasteiger partial charge in [-0.3, -0.25) is 4.99 Å². The molecular weight excluding hydrogens is 118 g/mol. The predicted octanol–water partition coefficient (Wildman–Crippen LogP) is -1.10. The maximum Gasteiger partial charge on any atom is 0.188 e. The Labute approximate surface area is 54.8 Å².